The molecule has 1 aromatic carbocycles. The molecule has 1 heterocycles. The maximum atomic E-state index is 9.38. The van der Waals surface area contributed by atoms with E-state index >= 15 is 0 Å². The van der Waals surface area contributed by atoms with E-state index in [9.17, 15) is 5.26 Å². The molecule has 4 nitrogen and oxygen atoms in total. The Labute approximate surface area is 112 Å². The number of methoxy groups -OCH3 is 1. The largest absolute Gasteiger partial charge is 0.496 e. The minimum Gasteiger partial charge on any atom is -0.496 e. The Kier molecular flexibility index (Phi) is 4.09. The zero-order valence-corrected chi connectivity index (χ0v) is 11.0. The molecule has 1 atom stereocenters. The lowest BCUT2D eigenvalue weighted by Gasteiger charge is -2.12. The molecular weight excluding hydrogens is 238 g/mol. The van der Waals surface area contributed by atoms with E-state index in [1.54, 1.807) is 19.4 Å². The van der Waals surface area contributed by atoms with Crippen LogP contribution in [0.15, 0.2) is 36.8 Å². The van der Waals surface area contributed by atoms with E-state index in [1.165, 1.54) is 6.33 Å². The molecular formula is C15H15N3O. The van der Waals surface area contributed by atoms with Crippen LogP contribution in [-0.2, 0) is 6.42 Å². The molecule has 0 aliphatic rings. The zero-order valence-electron chi connectivity index (χ0n) is 11.0. The first-order chi connectivity index (χ1) is 9.30. The van der Waals surface area contributed by atoms with Gasteiger partial charge in [0.05, 0.1) is 18.9 Å². The van der Waals surface area contributed by atoms with E-state index in [2.05, 4.69) is 23.0 Å². The molecule has 19 heavy (non-hydrogen) atoms. The summed E-state index contributed by atoms with van der Waals surface area (Å²) in [5, 5.41) is 9.38. The van der Waals surface area contributed by atoms with Crippen LogP contribution >= 0.6 is 0 Å². The fourth-order valence-electron chi connectivity index (χ4n) is 2.04. The van der Waals surface area contributed by atoms with Crippen LogP contribution in [0.1, 0.15) is 29.7 Å². The summed E-state index contributed by atoms with van der Waals surface area (Å²) >= 11 is 0. The average Bonchev–Trinajstić information content (AvgIpc) is 2.49. The van der Waals surface area contributed by atoms with Gasteiger partial charge >= 0.3 is 0 Å². The highest BCUT2D eigenvalue weighted by Gasteiger charge is 2.16. The number of aromatic nitrogens is 2. The number of hydrogen-bond acceptors (Lipinski definition) is 4. The van der Waals surface area contributed by atoms with Crippen molar-refractivity contribution in [2.75, 3.05) is 7.11 Å². The molecule has 0 aliphatic heterocycles. The molecule has 0 saturated carbocycles. The number of nitrogens with zero attached hydrogens (tertiary/aromatic N) is 3. The van der Waals surface area contributed by atoms with Crippen LogP contribution in [0.5, 0.6) is 5.75 Å². The van der Waals surface area contributed by atoms with Gasteiger partial charge in [0.15, 0.2) is 0 Å². The van der Waals surface area contributed by atoms with Gasteiger partial charge in [-0.25, -0.2) is 9.97 Å². The maximum absolute atomic E-state index is 9.38. The lowest BCUT2D eigenvalue weighted by molar-refractivity contribution is 0.410. The van der Waals surface area contributed by atoms with E-state index < -0.39 is 0 Å². The van der Waals surface area contributed by atoms with Gasteiger partial charge in [0.1, 0.15) is 18.0 Å². The first kappa shape index (κ1) is 13.0. The predicted octanol–water partition coefficient (Wildman–Crippen LogP) is 2.70. The first-order valence-corrected chi connectivity index (χ1v) is 6.12. The number of hydrogen-bond donors (Lipinski definition) is 0. The molecule has 2 aromatic rings. The normalized spacial score (nSPS) is 11.6. The van der Waals surface area contributed by atoms with Crippen LogP contribution in [0.4, 0.5) is 0 Å². The van der Waals surface area contributed by atoms with Crippen molar-refractivity contribution in [3.8, 4) is 11.8 Å². The van der Waals surface area contributed by atoms with E-state index in [4.69, 9.17) is 4.74 Å². The van der Waals surface area contributed by atoms with Gasteiger partial charge < -0.3 is 4.74 Å². The lowest BCUT2D eigenvalue weighted by Crippen LogP contribution is -2.02. The molecule has 96 valence electrons. The van der Waals surface area contributed by atoms with Crippen molar-refractivity contribution < 1.29 is 4.74 Å². The molecule has 0 radical (unpaired) electrons. The van der Waals surface area contributed by atoms with Gasteiger partial charge in [-0.3, -0.25) is 0 Å². The molecule has 1 unspecified atom stereocenters. The summed E-state index contributed by atoms with van der Waals surface area (Å²) in [6.45, 7) is 2.06. The van der Waals surface area contributed by atoms with Crippen LogP contribution < -0.4 is 4.74 Å². The number of rotatable bonds is 4. The van der Waals surface area contributed by atoms with Gasteiger partial charge in [0.2, 0.25) is 0 Å². The summed E-state index contributed by atoms with van der Waals surface area (Å²) in [6, 6.07) is 9.88. The fraction of sp³-hybridized carbons (Fsp3) is 0.267. The molecule has 0 N–H and O–H groups in total. The summed E-state index contributed by atoms with van der Waals surface area (Å²) in [5.41, 5.74) is 2.73. The Balaban J connectivity index is 2.43. The van der Waals surface area contributed by atoms with Crippen LogP contribution in [-0.4, -0.2) is 17.1 Å². The topological polar surface area (TPSA) is 58.8 Å². The summed E-state index contributed by atoms with van der Waals surface area (Å²) in [5.74, 6) is 0.477. The predicted molar refractivity (Wildman–Crippen MR) is 71.9 cm³/mol. The Morgan fingerprint density at radius 1 is 1.37 bits per heavy atom. The van der Waals surface area contributed by atoms with Crippen LogP contribution in [0.25, 0.3) is 0 Å². The second-order valence-corrected chi connectivity index (χ2v) is 4.12. The Morgan fingerprint density at radius 3 is 2.79 bits per heavy atom. The number of aryl methyl sites for hydroxylation is 1. The van der Waals surface area contributed by atoms with Crippen molar-refractivity contribution in [1.82, 2.24) is 9.97 Å². The van der Waals surface area contributed by atoms with Crippen molar-refractivity contribution in [3.63, 3.8) is 0 Å². The summed E-state index contributed by atoms with van der Waals surface area (Å²) < 4.78 is 5.30. The third-order valence-corrected chi connectivity index (χ3v) is 3.05. The maximum Gasteiger partial charge on any atom is 0.122 e. The van der Waals surface area contributed by atoms with Gasteiger partial charge in [-0.05, 0) is 29.7 Å². The smallest absolute Gasteiger partial charge is 0.122 e. The standard InChI is InChI=1S/C15H15N3O/c1-3-11-8-12(4-5-15(11)19-2)13(9-16)14-6-7-17-10-18-14/h4-8,10,13H,3H2,1-2H3. The van der Waals surface area contributed by atoms with E-state index in [-0.39, 0.29) is 5.92 Å². The fourth-order valence-corrected chi connectivity index (χ4v) is 2.04. The highest BCUT2D eigenvalue weighted by Crippen LogP contribution is 2.27. The van der Waals surface area contributed by atoms with Gasteiger partial charge in [-0.2, -0.15) is 5.26 Å². The molecule has 0 amide bonds. The van der Waals surface area contributed by atoms with Crippen molar-refractivity contribution in [1.29, 1.82) is 5.26 Å². The minimum absolute atomic E-state index is 0.376. The number of benzene rings is 1. The molecule has 0 bridgehead atoms. The Morgan fingerprint density at radius 2 is 2.21 bits per heavy atom. The van der Waals surface area contributed by atoms with E-state index in [0.29, 0.717) is 5.69 Å². The number of ether oxygens (including phenoxy) is 1. The Hall–Kier alpha value is -2.41. The van der Waals surface area contributed by atoms with Crippen LogP contribution in [0.2, 0.25) is 0 Å². The van der Waals surface area contributed by atoms with Crippen LogP contribution in [0, 0.1) is 11.3 Å². The van der Waals surface area contributed by atoms with Crippen molar-refractivity contribution in [2.24, 2.45) is 0 Å². The highest BCUT2D eigenvalue weighted by molar-refractivity contribution is 5.43. The summed E-state index contributed by atoms with van der Waals surface area (Å²) in [7, 11) is 1.65. The SMILES string of the molecule is CCc1cc(C(C#N)c2ccncn2)ccc1OC. The molecule has 0 spiro atoms. The zero-order chi connectivity index (χ0) is 13.7. The summed E-state index contributed by atoms with van der Waals surface area (Å²) in [4.78, 5) is 8.04. The second-order valence-electron chi connectivity index (χ2n) is 4.12. The van der Waals surface area contributed by atoms with Crippen LogP contribution in [0.3, 0.4) is 0 Å². The van der Waals surface area contributed by atoms with Gasteiger partial charge in [-0.1, -0.05) is 19.1 Å². The molecule has 0 aliphatic carbocycles. The monoisotopic (exact) mass is 253 g/mol. The van der Waals surface area contributed by atoms with Gasteiger partial charge in [0, 0.05) is 6.20 Å². The van der Waals surface area contributed by atoms with Crippen molar-refractivity contribution in [3.05, 3.63) is 53.6 Å². The van der Waals surface area contributed by atoms with Crippen molar-refractivity contribution >= 4 is 0 Å². The molecule has 1 aromatic heterocycles. The van der Waals surface area contributed by atoms with Crippen molar-refractivity contribution in [2.45, 2.75) is 19.3 Å². The highest BCUT2D eigenvalue weighted by atomic mass is 16.5. The quantitative estimate of drug-likeness (QED) is 0.840. The third kappa shape index (κ3) is 2.71. The number of nitriles is 1. The minimum atomic E-state index is -0.376. The Bertz CT molecular complexity index is 590. The molecule has 0 fully saturated rings. The molecule has 2 rings (SSSR count). The van der Waals surface area contributed by atoms with E-state index in [1.807, 2.05) is 18.2 Å². The average molecular weight is 253 g/mol. The van der Waals surface area contributed by atoms with Gasteiger partial charge in [-0.15, -0.1) is 0 Å². The van der Waals surface area contributed by atoms with E-state index in [0.717, 1.165) is 23.3 Å². The second kappa shape index (κ2) is 5.96. The summed E-state index contributed by atoms with van der Waals surface area (Å²) in [6.07, 6.45) is 3.97. The third-order valence-electron chi connectivity index (χ3n) is 3.05. The van der Waals surface area contributed by atoms with Gasteiger partial charge in [0.25, 0.3) is 0 Å². The lowest BCUT2D eigenvalue weighted by atomic mass is 9.94. The first-order valence-electron chi connectivity index (χ1n) is 6.12. The molecule has 4 heteroatoms. The molecule has 0 saturated heterocycles.